The van der Waals surface area contributed by atoms with Gasteiger partial charge in [0, 0.05) is 12.1 Å². The number of benzene rings is 1. The predicted octanol–water partition coefficient (Wildman–Crippen LogP) is 3.76. The van der Waals surface area contributed by atoms with Crippen molar-refractivity contribution in [2.45, 2.75) is 69.9 Å². The Bertz CT molecular complexity index is 538. The van der Waals surface area contributed by atoms with Gasteiger partial charge in [-0.2, -0.15) is 4.31 Å². The molecule has 1 fully saturated rings. The number of hydrogen-bond donors (Lipinski definition) is 0. The minimum atomic E-state index is -3.37. The van der Waals surface area contributed by atoms with Crippen LogP contribution in [-0.2, 0) is 10.0 Å². The second-order valence-corrected chi connectivity index (χ2v) is 8.03. The summed E-state index contributed by atoms with van der Waals surface area (Å²) >= 11 is 0. The summed E-state index contributed by atoms with van der Waals surface area (Å²) in [7, 11) is -3.37. The minimum Gasteiger partial charge on any atom is -0.207 e. The summed E-state index contributed by atoms with van der Waals surface area (Å²) in [5.74, 6) is 0.416. The molecule has 1 aliphatic heterocycles. The van der Waals surface area contributed by atoms with E-state index in [0.29, 0.717) is 10.8 Å². The molecule has 112 valence electrons. The van der Waals surface area contributed by atoms with Crippen molar-refractivity contribution < 1.29 is 8.42 Å². The maximum absolute atomic E-state index is 12.8. The van der Waals surface area contributed by atoms with Gasteiger partial charge < -0.3 is 0 Å². The minimum absolute atomic E-state index is 0.0912. The SMILES string of the molecule is CC(C)c1ccc(S(=O)(=O)N2[C@@H](C)CCC[C@@H]2C)cc1. The molecule has 1 aromatic rings. The van der Waals surface area contributed by atoms with E-state index in [0.717, 1.165) is 19.3 Å². The highest BCUT2D eigenvalue weighted by molar-refractivity contribution is 7.89. The van der Waals surface area contributed by atoms with Crippen molar-refractivity contribution in [2.24, 2.45) is 0 Å². The molecule has 1 aromatic carbocycles. The van der Waals surface area contributed by atoms with Crippen LogP contribution in [0.1, 0.15) is 58.4 Å². The molecule has 0 unspecified atom stereocenters. The predicted molar refractivity (Wildman–Crippen MR) is 82.3 cm³/mol. The van der Waals surface area contributed by atoms with Crippen LogP contribution in [0.3, 0.4) is 0 Å². The second kappa shape index (κ2) is 5.86. The van der Waals surface area contributed by atoms with Gasteiger partial charge in [-0.25, -0.2) is 8.42 Å². The molecule has 1 saturated heterocycles. The van der Waals surface area contributed by atoms with Crippen molar-refractivity contribution >= 4 is 10.0 Å². The molecule has 3 nitrogen and oxygen atoms in total. The van der Waals surface area contributed by atoms with E-state index in [1.807, 2.05) is 26.0 Å². The molecule has 1 heterocycles. The Balaban J connectivity index is 2.34. The quantitative estimate of drug-likeness (QED) is 0.851. The van der Waals surface area contributed by atoms with E-state index in [4.69, 9.17) is 0 Å². The van der Waals surface area contributed by atoms with E-state index < -0.39 is 10.0 Å². The number of sulfonamides is 1. The second-order valence-electron chi connectivity index (χ2n) is 6.19. The zero-order chi connectivity index (χ0) is 14.9. The standard InChI is InChI=1S/C16H25NO2S/c1-12(2)15-8-10-16(11-9-15)20(18,19)17-13(3)6-5-7-14(17)4/h8-14H,5-7H2,1-4H3/t13-,14-/m0/s1. The third-order valence-corrected chi connectivity index (χ3v) is 6.38. The zero-order valence-electron chi connectivity index (χ0n) is 12.8. The Hall–Kier alpha value is -0.870. The molecule has 0 bridgehead atoms. The van der Waals surface area contributed by atoms with Gasteiger partial charge in [-0.15, -0.1) is 0 Å². The number of hydrogen-bond acceptors (Lipinski definition) is 2. The summed E-state index contributed by atoms with van der Waals surface area (Å²) in [5, 5.41) is 0. The molecule has 0 amide bonds. The number of nitrogens with zero attached hydrogens (tertiary/aromatic N) is 1. The summed E-state index contributed by atoms with van der Waals surface area (Å²) in [6.45, 7) is 8.24. The highest BCUT2D eigenvalue weighted by atomic mass is 32.2. The molecule has 20 heavy (non-hydrogen) atoms. The number of rotatable bonds is 3. The summed E-state index contributed by atoms with van der Waals surface area (Å²) < 4.78 is 27.3. The lowest BCUT2D eigenvalue weighted by Gasteiger charge is -2.37. The van der Waals surface area contributed by atoms with Gasteiger partial charge in [-0.3, -0.25) is 0 Å². The molecule has 2 rings (SSSR count). The van der Waals surface area contributed by atoms with Crippen LogP contribution in [0.2, 0.25) is 0 Å². The van der Waals surface area contributed by atoms with E-state index in [9.17, 15) is 8.42 Å². The lowest BCUT2D eigenvalue weighted by Crippen LogP contribution is -2.47. The molecule has 0 aliphatic carbocycles. The third-order valence-electron chi connectivity index (χ3n) is 4.23. The molecular weight excluding hydrogens is 270 g/mol. The molecule has 2 atom stereocenters. The van der Waals surface area contributed by atoms with Crippen molar-refractivity contribution in [3.8, 4) is 0 Å². The lowest BCUT2D eigenvalue weighted by atomic mass is 10.0. The third kappa shape index (κ3) is 2.91. The van der Waals surface area contributed by atoms with Crippen LogP contribution >= 0.6 is 0 Å². The molecule has 4 heteroatoms. The van der Waals surface area contributed by atoms with Gasteiger partial charge in [0.15, 0.2) is 0 Å². The monoisotopic (exact) mass is 295 g/mol. The van der Waals surface area contributed by atoms with E-state index in [2.05, 4.69) is 13.8 Å². The molecular formula is C16H25NO2S. The first kappa shape index (κ1) is 15.5. The maximum Gasteiger partial charge on any atom is 0.243 e. The van der Waals surface area contributed by atoms with E-state index in [-0.39, 0.29) is 12.1 Å². The Morgan fingerprint density at radius 1 is 1.05 bits per heavy atom. The highest BCUT2D eigenvalue weighted by Crippen LogP contribution is 2.30. The molecule has 0 spiro atoms. The van der Waals surface area contributed by atoms with Crippen LogP contribution in [0.4, 0.5) is 0 Å². The summed E-state index contributed by atoms with van der Waals surface area (Å²) in [6.07, 6.45) is 3.02. The topological polar surface area (TPSA) is 37.4 Å². The van der Waals surface area contributed by atoms with Crippen molar-refractivity contribution in [3.05, 3.63) is 29.8 Å². The lowest BCUT2D eigenvalue weighted by molar-refractivity contribution is 0.204. The fourth-order valence-corrected chi connectivity index (χ4v) is 4.90. The van der Waals surface area contributed by atoms with Gasteiger partial charge in [0.2, 0.25) is 10.0 Å². The molecule has 0 saturated carbocycles. The Morgan fingerprint density at radius 2 is 1.55 bits per heavy atom. The van der Waals surface area contributed by atoms with Crippen molar-refractivity contribution in [3.63, 3.8) is 0 Å². The largest absolute Gasteiger partial charge is 0.243 e. The first-order chi connectivity index (χ1) is 9.34. The van der Waals surface area contributed by atoms with E-state index in [1.54, 1.807) is 16.4 Å². The Morgan fingerprint density at radius 3 is 2.00 bits per heavy atom. The Labute approximate surface area is 123 Å². The van der Waals surface area contributed by atoms with Crippen LogP contribution in [0.25, 0.3) is 0 Å². The first-order valence-electron chi connectivity index (χ1n) is 7.47. The fraction of sp³-hybridized carbons (Fsp3) is 0.625. The van der Waals surface area contributed by atoms with Crippen molar-refractivity contribution in [2.75, 3.05) is 0 Å². The zero-order valence-corrected chi connectivity index (χ0v) is 13.7. The number of piperidine rings is 1. The molecule has 0 aromatic heterocycles. The van der Waals surface area contributed by atoms with Crippen LogP contribution in [0.5, 0.6) is 0 Å². The first-order valence-corrected chi connectivity index (χ1v) is 8.91. The van der Waals surface area contributed by atoms with Gasteiger partial charge in [0.25, 0.3) is 0 Å². The normalized spacial score (nSPS) is 25.1. The van der Waals surface area contributed by atoms with Gasteiger partial charge in [-0.1, -0.05) is 32.4 Å². The van der Waals surface area contributed by atoms with Crippen LogP contribution in [0.15, 0.2) is 29.2 Å². The molecule has 0 radical (unpaired) electrons. The van der Waals surface area contributed by atoms with Gasteiger partial charge in [0.05, 0.1) is 4.90 Å². The average molecular weight is 295 g/mol. The van der Waals surface area contributed by atoms with Gasteiger partial charge in [0.1, 0.15) is 0 Å². The Kier molecular flexibility index (Phi) is 4.55. The molecule has 1 aliphatic rings. The van der Waals surface area contributed by atoms with Crippen LogP contribution in [0, 0.1) is 0 Å². The fourth-order valence-electron chi connectivity index (χ4n) is 3.02. The smallest absolute Gasteiger partial charge is 0.207 e. The van der Waals surface area contributed by atoms with Crippen LogP contribution < -0.4 is 0 Å². The van der Waals surface area contributed by atoms with Crippen molar-refractivity contribution in [1.29, 1.82) is 0 Å². The van der Waals surface area contributed by atoms with Gasteiger partial charge in [-0.05, 0) is 50.3 Å². The average Bonchev–Trinajstić information content (AvgIpc) is 2.38. The highest BCUT2D eigenvalue weighted by Gasteiger charge is 2.35. The molecule has 0 N–H and O–H groups in total. The van der Waals surface area contributed by atoms with E-state index in [1.165, 1.54) is 5.56 Å². The van der Waals surface area contributed by atoms with Crippen molar-refractivity contribution in [1.82, 2.24) is 4.31 Å². The summed E-state index contributed by atoms with van der Waals surface area (Å²) in [4.78, 5) is 0.419. The summed E-state index contributed by atoms with van der Waals surface area (Å²) in [5.41, 5.74) is 1.17. The maximum atomic E-state index is 12.8. The van der Waals surface area contributed by atoms with Gasteiger partial charge >= 0.3 is 0 Å². The van der Waals surface area contributed by atoms with E-state index >= 15 is 0 Å². The van der Waals surface area contributed by atoms with Crippen LogP contribution in [-0.4, -0.2) is 24.8 Å². The summed E-state index contributed by atoms with van der Waals surface area (Å²) in [6, 6.07) is 7.53.